The topological polar surface area (TPSA) is 163 Å². The average Bonchev–Trinajstić information content (AvgIpc) is 4.07. The Kier molecular flexibility index (Phi) is 19.0. The number of morpholine rings is 3. The number of urea groups is 1. The van der Waals surface area contributed by atoms with Gasteiger partial charge in [-0.2, -0.15) is 36.5 Å². The van der Waals surface area contributed by atoms with E-state index in [4.69, 9.17) is 29.9 Å². The van der Waals surface area contributed by atoms with Crippen molar-refractivity contribution in [3.05, 3.63) is 96.1 Å². The molecule has 0 aliphatic carbocycles. The fourth-order valence-corrected chi connectivity index (χ4v) is 8.96. The highest BCUT2D eigenvalue weighted by Crippen LogP contribution is 2.36. The van der Waals surface area contributed by atoms with Crippen LogP contribution >= 0.6 is 12.4 Å². The van der Waals surface area contributed by atoms with E-state index in [1.807, 2.05) is 50.6 Å². The molecular formula is C52H60ClF8N11O5. The van der Waals surface area contributed by atoms with E-state index >= 15 is 0 Å². The molecule has 3 N–H and O–H groups in total. The lowest BCUT2D eigenvalue weighted by molar-refractivity contribution is -0.233. The molecule has 6 aromatic rings. The molecule has 25 heteroatoms. The standard InChI is InChI=1S/C26H28F4N6O3.C20H22FN5O.C6H9F3O.ClH/c1-16-9-20(27)22(33-25(37)36-5-8-39-23(15-36)26(28,29)30)12-19(16)17-10-21(18-13-31-34(2)14-18)32-24(11-17)35-3-6-38-7-4-35;1-13-7-17(21)18(22)10-16(13)14-8-19(15-11-23-25(2)12-15)24-20(9-14)26-3-5-27-6-4-26;7-6(8,9)5-3-1-2-4-10-5;/h9-14,23H,3-8,15H2,1-2H3,(H,33,37);7-12H,3-6,22H2,1-2H3;5H,1-4H2;1H/t23-;;5-;/m0.0./s1. The van der Waals surface area contributed by atoms with Crippen LogP contribution in [0.15, 0.2) is 73.3 Å². The molecule has 4 aliphatic heterocycles. The number of hydrogen-bond acceptors (Lipinski definition) is 12. The minimum atomic E-state index is -4.60. The molecule has 4 aliphatic rings. The molecule has 2 amide bonds. The number of nitrogen functional groups attached to an aromatic ring is 1. The molecule has 0 saturated carbocycles. The van der Waals surface area contributed by atoms with Gasteiger partial charge < -0.3 is 44.7 Å². The van der Waals surface area contributed by atoms with Gasteiger partial charge in [0.15, 0.2) is 12.2 Å². The summed E-state index contributed by atoms with van der Waals surface area (Å²) in [4.78, 5) is 27.8. The number of alkyl halides is 6. The number of aromatic nitrogens is 6. The van der Waals surface area contributed by atoms with Gasteiger partial charge >= 0.3 is 18.4 Å². The Hall–Kier alpha value is -6.60. The fraction of sp³-hybridized carbons (Fsp3) is 0.442. The molecule has 16 nitrogen and oxygen atoms in total. The first-order valence-electron chi connectivity index (χ1n) is 24.7. The van der Waals surface area contributed by atoms with E-state index in [2.05, 4.69) is 30.1 Å². The van der Waals surface area contributed by atoms with Crippen molar-refractivity contribution in [3.63, 3.8) is 0 Å². The van der Waals surface area contributed by atoms with Crippen LogP contribution in [0.1, 0.15) is 30.4 Å². The Morgan fingerprint density at radius 3 is 1.57 bits per heavy atom. The molecule has 4 aromatic heterocycles. The van der Waals surface area contributed by atoms with Crippen molar-refractivity contribution in [2.75, 3.05) is 99.8 Å². The Morgan fingerprint density at radius 2 is 1.12 bits per heavy atom. The summed E-state index contributed by atoms with van der Waals surface area (Å²) in [5, 5.41) is 10.9. The maximum Gasteiger partial charge on any atom is 0.416 e. The summed E-state index contributed by atoms with van der Waals surface area (Å²) in [6.07, 6.45) is -3.56. The largest absolute Gasteiger partial charge is 0.416 e. The van der Waals surface area contributed by atoms with Crippen LogP contribution in [0.2, 0.25) is 0 Å². The Bertz CT molecular complexity index is 2960. The number of nitrogens with two attached hydrogens (primary N) is 1. The summed E-state index contributed by atoms with van der Waals surface area (Å²) in [6, 6.07) is 12.9. The zero-order chi connectivity index (χ0) is 54.3. The Balaban J connectivity index is 0.000000195. The van der Waals surface area contributed by atoms with Crippen LogP contribution < -0.4 is 20.9 Å². The lowest BCUT2D eigenvalue weighted by Gasteiger charge is -2.33. The van der Waals surface area contributed by atoms with Crippen molar-refractivity contribution in [3.8, 4) is 44.8 Å². The number of pyridine rings is 2. The number of nitrogens with one attached hydrogen (secondary N) is 1. The number of hydrogen-bond donors (Lipinski definition) is 2. The smallest absolute Gasteiger partial charge is 0.396 e. The van der Waals surface area contributed by atoms with Crippen molar-refractivity contribution in [2.45, 2.75) is 57.7 Å². The highest BCUT2D eigenvalue weighted by atomic mass is 35.5. The Labute approximate surface area is 445 Å². The molecule has 0 bridgehead atoms. The SMILES string of the molecule is Cc1cc(F)c(N)cc1-c1cc(-c2cnn(C)c2)nc(N2CCOCC2)c1.Cc1cc(F)c(NC(=O)N2CCO[C@H](C(F)(F)F)C2)cc1-c1cc(-c2cnn(C)c2)nc(N2CCOCC2)c1.Cl.FC(F)(F)[C@@H]1CCCCO1. The highest BCUT2D eigenvalue weighted by Gasteiger charge is 2.44. The number of halogens is 9. The molecule has 4 saturated heterocycles. The van der Waals surface area contributed by atoms with E-state index in [1.54, 1.807) is 41.8 Å². The van der Waals surface area contributed by atoms with Crippen LogP contribution in [-0.2, 0) is 33.0 Å². The number of rotatable bonds is 7. The molecule has 77 heavy (non-hydrogen) atoms. The predicted octanol–water partition coefficient (Wildman–Crippen LogP) is 9.78. The van der Waals surface area contributed by atoms with Crippen LogP contribution in [0.4, 0.5) is 62.9 Å². The number of amides is 2. The first kappa shape index (κ1) is 58.1. The van der Waals surface area contributed by atoms with E-state index in [0.717, 1.165) is 75.1 Å². The molecule has 0 radical (unpaired) electrons. The number of carbonyl (C=O) groups is 1. The molecule has 2 atom stereocenters. The summed E-state index contributed by atoms with van der Waals surface area (Å²) in [5.41, 5.74) is 13.7. The number of nitrogens with zero attached hydrogens (tertiary/aromatic N) is 9. The van der Waals surface area contributed by atoms with Crippen molar-refractivity contribution in [1.82, 2.24) is 34.4 Å². The van der Waals surface area contributed by atoms with Crippen LogP contribution in [-0.4, -0.2) is 144 Å². The van der Waals surface area contributed by atoms with Crippen LogP contribution in [0.25, 0.3) is 44.8 Å². The summed E-state index contributed by atoms with van der Waals surface area (Å²) < 4.78 is 127. The fourth-order valence-electron chi connectivity index (χ4n) is 8.96. The van der Waals surface area contributed by atoms with Crippen molar-refractivity contribution >= 4 is 41.4 Å². The maximum atomic E-state index is 15.0. The molecule has 2 aromatic carbocycles. The Morgan fingerprint density at radius 1 is 0.623 bits per heavy atom. The molecule has 0 spiro atoms. The van der Waals surface area contributed by atoms with Crippen molar-refractivity contribution in [2.24, 2.45) is 14.1 Å². The van der Waals surface area contributed by atoms with E-state index < -0.39 is 48.8 Å². The normalized spacial score (nSPS) is 18.1. The second kappa shape index (κ2) is 25.2. The van der Waals surface area contributed by atoms with E-state index in [1.165, 1.54) is 18.2 Å². The third-order valence-electron chi connectivity index (χ3n) is 13.1. The molecule has 416 valence electrons. The number of aryl methyl sites for hydroxylation is 4. The van der Waals surface area contributed by atoms with Gasteiger partial charge in [-0.25, -0.2) is 23.5 Å². The molecule has 4 fully saturated rings. The van der Waals surface area contributed by atoms with Gasteiger partial charge in [-0.1, -0.05) is 0 Å². The average molecular weight is 1110 g/mol. The summed E-state index contributed by atoms with van der Waals surface area (Å²) >= 11 is 0. The van der Waals surface area contributed by atoms with Gasteiger partial charge in [0, 0.05) is 76.9 Å². The summed E-state index contributed by atoms with van der Waals surface area (Å²) in [5.74, 6) is 0.499. The predicted molar refractivity (Wildman–Crippen MR) is 277 cm³/mol. The lowest BCUT2D eigenvalue weighted by atomic mass is 9.98. The first-order valence-corrected chi connectivity index (χ1v) is 24.7. The van der Waals surface area contributed by atoms with Crippen molar-refractivity contribution < 1.29 is 58.9 Å². The zero-order valence-electron chi connectivity index (χ0n) is 42.8. The van der Waals surface area contributed by atoms with Gasteiger partial charge in [-0.3, -0.25) is 9.36 Å². The molecule has 10 rings (SSSR count). The van der Waals surface area contributed by atoms with Gasteiger partial charge in [-0.15, -0.1) is 12.4 Å². The number of carbonyl (C=O) groups excluding carboxylic acids is 1. The second-order valence-electron chi connectivity index (χ2n) is 18.7. The van der Waals surface area contributed by atoms with E-state index in [9.17, 15) is 39.9 Å². The van der Waals surface area contributed by atoms with Gasteiger partial charge in [0.05, 0.1) is 74.7 Å². The summed E-state index contributed by atoms with van der Waals surface area (Å²) in [6.45, 7) is 8.28. The molecule has 8 heterocycles. The van der Waals surface area contributed by atoms with Gasteiger partial charge in [0.25, 0.3) is 0 Å². The van der Waals surface area contributed by atoms with Crippen LogP contribution in [0, 0.1) is 25.5 Å². The highest BCUT2D eigenvalue weighted by molar-refractivity contribution is 5.91. The maximum absolute atomic E-state index is 15.0. The van der Waals surface area contributed by atoms with E-state index in [-0.39, 0.29) is 50.0 Å². The summed E-state index contributed by atoms with van der Waals surface area (Å²) in [7, 11) is 3.68. The lowest BCUT2D eigenvalue weighted by Crippen LogP contribution is -2.52. The minimum absolute atomic E-state index is 0. The second-order valence-corrected chi connectivity index (χ2v) is 18.7. The monoisotopic (exact) mass is 1110 g/mol. The minimum Gasteiger partial charge on any atom is -0.396 e. The van der Waals surface area contributed by atoms with E-state index in [0.29, 0.717) is 62.8 Å². The van der Waals surface area contributed by atoms with Gasteiger partial charge in [-0.05, 0) is 115 Å². The van der Waals surface area contributed by atoms with Crippen LogP contribution in [0.3, 0.4) is 0 Å². The van der Waals surface area contributed by atoms with Crippen LogP contribution in [0.5, 0.6) is 0 Å². The van der Waals surface area contributed by atoms with Crippen molar-refractivity contribution in [1.29, 1.82) is 0 Å². The first-order chi connectivity index (χ1) is 36.2. The quantitative estimate of drug-likeness (QED) is 0.115. The number of anilines is 4. The molecule has 0 unspecified atom stereocenters. The molecular weight excluding hydrogens is 1050 g/mol. The number of ether oxygens (including phenoxy) is 4. The third-order valence-corrected chi connectivity index (χ3v) is 13.1. The third kappa shape index (κ3) is 14.9. The number of benzene rings is 2. The van der Waals surface area contributed by atoms with Gasteiger partial charge in [0.2, 0.25) is 0 Å². The zero-order valence-corrected chi connectivity index (χ0v) is 43.6. The van der Waals surface area contributed by atoms with Gasteiger partial charge in [0.1, 0.15) is 23.3 Å².